The van der Waals surface area contributed by atoms with E-state index in [-0.39, 0.29) is 44.5 Å². The summed E-state index contributed by atoms with van der Waals surface area (Å²) in [4.78, 5) is 14.0. The van der Waals surface area contributed by atoms with Crippen molar-refractivity contribution in [2.75, 3.05) is 18.5 Å². The van der Waals surface area contributed by atoms with Crippen LogP contribution in [0.3, 0.4) is 0 Å². The van der Waals surface area contributed by atoms with Gasteiger partial charge in [0.05, 0.1) is 16.3 Å². The standard InChI is InChI=1S/C34H32ClFN2O5S/c1-37-30(22-10-4-2-5-11-22)21-38(24-12-6-3-7-13-24)29-20-32(43-31-15-9-8-14-28(31)36)25(19-33(29)44(37,41)42)23-16-17-27(35)26(18-23)34(39)40/h3,6-9,12-20,22,30H,2,4-5,10-11,21H2,1H3,(H,39,40)/t30-/m0/s1. The zero-order valence-corrected chi connectivity index (χ0v) is 25.7. The Balaban J connectivity index is 1.61. The van der Waals surface area contributed by atoms with Crippen LogP contribution >= 0.6 is 11.6 Å². The first-order chi connectivity index (χ1) is 21.1. The fourth-order valence-corrected chi connectivity index (χ4v) is 8.13. The number of aromatic carboxylic acids is 1. The van der Waals surface area contributed by atoms with Crippen LogP contribution in [0, 0.1) is 11.7 Å². The van der Waals surface area contributed by atoms with Crippen LogP contribution in [0.2, 0.25) is 5.02 Å². The minimum absolute atomic E-state index is 0.0329. The number of halogens is 2. The van der Waals surface area contributed by atoms with E-state index in [1.54, 1.807) is 31.3 Å². The van der Waals surface area contributed by atoms with Crippen molar-refractivity contribution in [3.63, 3.8) is 0 Å². The lowest BCUT2D eigenvalue weighted by molar-refractivity contribution is 0.0697. The highest BCUT2D eigenvalue weighted by atomic mass is 35.5. The summed E-state index contributed by atoms with van der Waals surface area (Å²) in [5.74, 6) is -1.53. The molecule has 0 spiro atoms. The minimum atomic E-state index is -4.04. The molecule has 4 aromatic carbocycles. The zero-order valence-electron chi connectivity index (χ0n) is 24.1. The van der Waals surface area contributed by atoms with Crippen LogP contribution in [0.15, 0.2) is 89.8 Å². The van der Waals surface area contributed by atoms with E-state index in [1.165, 1.54) is 34.6 Å². The summed E-state index contributed by atoms with van der Waals surface area (Å²) in [5, 5.41) is 9.80. The fourth-order valence-electron chi connectivity index (χ4n) is 6.33. The Bertz CT molecular complexity index is 1810. The summed E-state index contributed by atoms with van der Waals surface area (Å²) in [6, 6.07) is 22.7. The van der Waals surface area contributed by atoms with Gasteiger partial charge in [-0.15, -0.1) is 0 Å². The number of sulfonamides is 1. The largest absolute Gasteiger partial charge is 0.478 e. The van der Waals surface area contributed by atoms with E-state index >= 15 is 0 Å². The maximum Gasteiger partial charge on any atom is 0.337 e. The smallest absolute Gasteiger partial charge is 0.337 e. The van der Waals surface area contributed by atoms with Gasteiger partial charge in [-0.1, -0.05) is 67.3 Å². The Morgan fingerprint density at radius 2 is 1.64 bits per heavy atom. The van der Waals surface area contributed by atoms with Crippen LogP contribution in [0.1, 0.15) is 42.5 Å². The number of hydrogen-bond acceptors (Lipinski definition) is 5. The van der Waals surface area contributed by atoms with E-state index < -0.39 is 21.8 Å². The summed E-state index contributed by atoms with van der Waals surface area (Å²) < 4.78 is 51.5. The molecule has 0 saturated heterocycles. The number of rotatable bonds is 6. The van der Waals surface area contributed by atoms with Crippen LogP contribution in [0.4, 0.5) is 15.8 Å². The van der Waals surface area contributed by atoms with Gasteiger partial charge in [0.1, 0.15) is 10.6 Å². The number of fused-ring (bicyclic) bond motifs is 1. The number of hydrogen-bond donors (Lipinski definition) is 1. The minimum Gasteiger partial charge on any atom is -0.478 e. The molecular weight excluding hydrogens is 603 g/mol. The first kappa shape index (κ1) is 30.1. The van der Waals surface area contributed by atoms with Crippen molar-refractivity contribution in [2.24, 2.45) is 5.92 Å². The summed E-state index contributed by atoms with van der Waals surface area (Å²) >= 11 is 6.18. The lowest BCUT2D eigenvalue weighted by Crippen LogP contribution is -2.46. The Labute approximate surface area is 261 Å². The lowest BCUT2D eigenvalue weighted by atomic mass is 9.83. The monoisotopic (exact) mass is 634 g/mol. The number of carboxylic acids is 1. The van der Waals surface area contributed by atoms with Crippen molar-refractivity contribution in [2.45, 2.75) is 43.0 Å². The molecule has 6 rings (SSSR count). The van der Waals surface area contributed by atoms with Gasteiger partial charge in [-0.05, 0) is 66.8 Å². The molecule has 1 heterocycles. The molecular formula is C34H32ClFN2O5S. The zero-order chi connectivity index (χ0) is 31.0. The third kappa shape index (κ3) is 5.67. The Hall–Kier alpha value is -3.92. The molecule has 7 nitrogen and oxygen atoms in total. The number of para-hydroxylation sites is 2. The number of nitrogens with zero attached hydrogens (tertiary/aromatic N) is 2. The molecule has 1 atom stereocenters. The number of carbonyl (C=O) groups is 1. The van der Waals surface area contributed by atoms with Gasteiger partial charge >= 0.3 is 5.97 Å². The first-order valence-electron chi connectivity index (χ1n) is 14.6. The van der Waals surface area contributed by atoms with Crippen molar-refractivity contribution in [3.8, 4) is 22.6 Å². The van der Waals surface area contributed by atoms with Crippen molar-refractivity contribution >= 4 is 39.0 Å². The van der Waals surface area contributed by atoms with Gasteiger partial charge in [0.25, 0.3) is 0 Å². The predicted molar refractivity (Wildman–Crippen MR) is 169 cm³/mol. The van der Waals surface area contributed by atoms with E-state index in [9.17, 15) is 22.7 Å². The van der Waals surface area contributed by atoms with E-state index in [0.29, 0.717) is 17.8 Å². The van der Waals surface area contributed by atoms with Crippen LogP contribution < -0.4 is 9.64 Å². The fraction of sp³-hybridized carbons (Fsp3) is 0.265. The Morgan fingerprint density at radius 1 is 0.932 bits per heavy atom. The van der Waals surface area contributed by atoms with Gasteiger partial charge in [-0.3, -0.25) is 0 Å². The summed E-state index contributed by atoms with van der Waals surface area (Å²) in [7, 11) is -2.40. The summed E-state index contributed by atoms with van der Waals surface area (Å²) in [5.41, 5.74) is 1.69. The number of carboxylic acid groups (broad SMARTS) is 1. The van der Waals surface area contributed by atoms with E-state index in [2.05, 4.69) is 0 Å². The molecule has 1 aliphatic heterocycles. The van der Waals surface area contributed by atoms with Gasteiger partial charge in [0, 0.05) is 37.0 Å². The highest BCUT2D eigenvalue weighted by Gasteiger charge is 2.41. The molecule has 1 aliphatic carbocycles. The lowest BCUT2D eigenvalue weighted by Gasteiger charge is -2.36. The molecule has 228 valence electrons. The van der Waals surface area contributed by atoms with Crippen LogP contribution in [0.5, 0.6) is 11.5 Å². The van der Waals surface area contributed by atoms with Gasteiger partial charge in [-0.2, -0.15) is 4.31 Å². The van der Waals surface area contributed by atoms with Crippen molar-refractivity contribution in [1.29, 1.82) is 0 Å². The second kappa shape index (κ2) is 12.2. The van der Waals surface area contributed by atoms with Crippen LogP contribution in [-0.4, -0.2) is 43.4 Å². The first-order valence-corrected chi connectivity index (χ1v) is 16.4. The second-order valence-electron chi connectivity index (χ2n) is 11.3. The summed E-state index contributed by atoms with van der Waals surface area (Å²) in [6.07, 6.45) is 5.14. The normalized spacial score (nSPS) is 18.8. The van der Waals surface area contributed by atoms with Gasteiger partial charge in [-0.25, -0.2) is 17.6 Å². The molecule has 1 fully saturated rings. The molecule has 1 N–H and O–H groups in total. The number of likely N-dealkylation sites (N-methyl/N-ethyl adjacent to an activating group) is 1. The molecule has 0 unspecified atom stereocenters. The maximum absolute atomic E-state index is 14.9. The number of ether oxygens (including phenoxy) is 1. The van der Waals surface area contributed by atoms with Crippen molar-refractivity contribution in [3.05, 3.63) is 101 Å². The second-order valence-corrected chi connectivity index (χ2v) is 13.7. The molecule has 0 amide bonds. The third-order valence-electron chi connectivity index (χ3n) is 8.67. The molecule has 1 saturated carbocycles. The number of anilines is 2. The summed E-state index contributed by atoms with van der Waals surface area (Å²) in [6.45, 7) is 0.417. The molecule has 10 heteroatoms. The SMILES string of the molecule is CN1[C@H](C2CCCCC2)CN(c2ccccc2)c2cc(Oc3ccccc3F)c(-c3ccc(Cl)c(C(=O)O)c3)cc2S1(=O)=O. The highest BCUT2D eigenvalue weighted by molar-refractivity contribution is 7.89. The topological polar surface area (TPSA) is 87.2 Å². The van der Waals surface area contributed by atoms with E-state index in [1.807, 2.05) is 35.2 Å². The molecule has 2 aliphatic rings. The molecule has 4 aromatic rings. The maximum atomic E-state index is 14.9. The average Bonchev–Trinajstić information content (AvgIpc) is 3.11. The van der Waals surface area contributed by atoms with Gasteiger partial charge in [0.2, 0.25) is 10.0 Å². The van der Waals surface area contributed by atoms with Gasteiger partial charge < -0.3 is 14.7 Å². The predicted octanol–water partition coefficient (Wildman–Crippen LogP) is 8.36. The van der Waals surface area contributed by atoms with Crippen LogP contribution in [0.25, 0.3) is 11.1 Å². The van der Waals surface area contributed by atoms with Crippen molar-refractivity contribution < 1.29 is 27.4 Å². The van der Waals surface area contributed by atoms with E-state index in [0.717, 1.165) is 37.8 Å². The van der Waals surface area contributed by atoms with Crippen LogP contribution in [-0.2, 0) is 10.0 Å². The number of benzene rings is 4. The average molecular weight is 635 g/mol. The Morgan fingerprint density at radius 3 is 2.34 bits per heavy atom. The quantitative estimate of drug-likeness (QED) is 0.229. The molecule has 0 bridgehead atoms. The van der Waals surface area contributed by atoms with Crippen molar-refractivity contribution in [1.82, 2.24) is 4.31 Å². The molecule has 44 heavy (non-hydrogen) atoms. The highest BCUT2D eigenvalue weighted by Crippen LogP contribution is 2.47. The van der Waals surface area contributed by atoms with Gasteiger partial charge in [0.15, 0.2) is 11.6 Å². The molecule has 0 radical (unpaired) electrons. The Kier molecular flexibility index (Phi) is 8.37. The third-order valence-corrected chi connectivity index (χ3v) is 10.9. The molecule has 0 aromatic heterocycles. The van der Waals surface area contributed by atoms with E-state index in [4.69, 9.17) is 16.3 Å².